The Balaban J connectivity index is 2.15. The first kappa shape index (κ1) is 9.28. The molecule has 0 amide bonds. The number of nitrogens with one attached hydrogen (secondary N) is 1. The molecule has 1 aromatic heterocycles. The van der Waals surface area contributed by atoms with Gasteiger partial charge in [0.15, 0.2) is 0 Å². The number of rotatable bonds is 3. The first-order valence-corrected chi connectivity index (χ1v) is 4.54. The zero-order valence-corrected chi connectivity index (χ0v) is 8.09. The fourth-order valence-corrected chi connectivity index (χ4v) is 1.21. The van der Waals surface area contributed by atoms with Crippen molar-refractivity contribution in [2.24, 2.45) is 0 Å². The molecule has 0 aliphatic rings. The number of aromatic nitrogens is 3. The standard InChI is InChI=1S/C11H10N4/c1-2-7-12-10-3-5-11(6-4-10)15-13-8-9-14-15/h1,3-6,8-9,12H,7H2. The first-order valence-electron chi connectivity index (χ1n) is 4.54. The van der Waals surface area contributed by atoms with Gasteiger partial charge in [-0.05, 0) is 24.3 Å². The average molecular weight is 198 g/mol. The summed E-state index contributed by atoms with van der Waals surface area (Å²) in [5.41, 5.74) is 1.91. The lowest BCUT2D eigenvalue weighted by molar-refractivity contribution is 0.752. The summed E-state index contributed by atoms with van der Waals surface area (Å²) in [7, 11) is 0. The van der Waals surface area contributed by atoms with Gasteiger partial charge in [0.2, 0.25) is 0 Å². The van der Waals surface area contributed by atoms with Crippen molar-refractivity contribution in [2.45, 2.75) is 0 Å². The number of terminal acetylenes is 1. The van der Waals surface area contributed by atoms with E-state index in [-0.39, 0.29) is 0 Å². The molecule has 1 N–H and O–H groups in total. The van der Waals surface area contributed by atoms with Crippen molar-refractivity contribution in [3.05, 3.63) is 36.7 Å². The molecule has 4 nitrogen and oxygen atoms in total. The number of anilines is 1. The van der Waals surface area contributed by atoms with Gasteiger partial charge in [-0.2, -0.15) is 15.0 Å². The zero-order chi connectivity index (χ0) is 10.5. The molecule has 1 aromatic carbocycles. The van der Waals surface area contributed by atoms with Gasteiger partial charge in [-0.25, -0.2) is 0 Å². The predicted octanol–water partition coefficient (Wildman–Crippen LogP) is 1.31. The minimum Gasteiger partial charge on any atom is -0.374 e. The van der Waals surface area contributed by atoms with Gasteiger partial charge in [-0.3, -0.25) is 0 Å². The SMILES string of the molecule is C#CCNc1ccc(-n2nccn2)cc1. The third-order valence-corrected chi connectivity index (χ3v) is 1.91. The molecular formula is C11H10N4. The molecule has 2 rings (SSSR count). The summed E-state index contributed by atoms with van der Waals surface area (Å²) in [6, 6.07) is 7.74. The van der Waals surface area contributed by atoms with Crippen LogP contribution in [0.4, 0.5) is 5.69 Å². The second-order valence-electron chi connectivity index (χ2n) is 2.92. The Morgan fingerprint density at radius 3 is 2.47 bits per heavy atom. The summed E-state index contributed by atoms with van der Waals surface area (Å²) < 4.78 is 0. The topological polar surface area (TPSA) is 42.7 Å². The first-order chi connectivity index (χ1) is 7.40. The Labute approximate surface area is 87.9 Å². The van der Waals surface area contributed by atoms with Crippen LogP contribution in [0.15, 0.2) is 36.7 Å². The van der Waals surface area contributed by atoms with Crippen LogP contribution in [-0.2, 0) is 0 Å². The summed E-state index contributed by atoms with van der Waals surface area (Å²) >= 11 is 0. The lowest BCUT2D eigenvalue weighted by atomic mass is 10.3. The monoisotopic (exact) mass is 198 g/mol. The molecule has 0 fully saturated rings. The largest absolute Gasteiger partial charge is 0.374 e. The maximum atomic E-state index is 5.15. The molecule has 0 saturated heterocycles. The van der Waals surface area contributed by atoms with Crippen molar-refractivity contribution in [3.63, 3.8) is 0 Å². The molecule has 0 aliphatic carbocycles. The number of benzene rings is 1. The highest BCUT2D eigenvalue weighted by Gasteiger charge is 1.96. The van der Waals surface area contributed by atoms with Crippen molar-refractivity contribution in [1.29, 1.82) is 0 Å². The summed E-state index contributed by atoms with van der Waals surface area (Å²) in [5, 5.41) is 11.1. The average Bonchev–Trinajstić information content (AvgIpc) is 2.80. The number of hydrogen-bond donors (Lipinski definition) is 1. The number of hydrogen-bond acceptors (Lipinski definition) is 3. The Morgan fingerprint density at radius 2 is 1.87 bits per heavy atom. The molecule has 0 bridgehead atoms. The van der Waals surface area contributed by atoms with E-state index in [1.54, 1.807) is 17.2 Å². The molecule has 0 spiro atoms. The minimum absolute atomic E-state index is 0.527. The second-order valence-corrected chi connectivity index (χ2v) is 2.92. The van der Waals surface area contributed by atoms with Crippen LogP contribution >= 0.6 is 0 Å². The highest BCUT2D eigenvalue weighted by atomic mass is 15.5. The zero-order valence-electron chi connectivity index (χ0n) is 8.09. The summed E-state index contributed by atoms with van der Waals surface area (Å²) in [5.74, 6) is 2.52. The van der Waals surface area contributed by atoms with Gasteiger partial charge in [0.05, 0.1) is 24.6 Å². The van der Waals surface area contributed by atoms with Gasteiger partial charge in [-0.15, -0.1) is 6.42 Å². The third-order valence-electron chi connectivity index (χ3n) is 1.91. The molecule has 74 valence electrons. The van der Waals surface area contributed by atoms with Gasteiger partial charge in [-0.1, -0.05) is 5.92 Å². The summed E-state index contributed by atoms with van der Waals surface area (Å²) in [6.45, 7) is 0.527. The van der Waals surface area contributed by atoms with Crippen LogP contribution in [0.1, 0.15) is 0 Å². The molecule has 0 unspecified atom stereocenters. The van der Waals surface area contributed by atoms with Crippen LogP contribution in [0.2, 0.25) is 0 Å². The lowest BCUT2D eigenvalue weighted by Gasteiger charge is -2.03. The Morgan fingerprint density at radius 1 is 1.20 bits per heavy atom. The molecule has 2 aromatic rings. The van der Waals surface area contributed by atoms with Crippen molar-refractivity contribution < 1.29 is 0 Å². The van der Waals surface area contributed by atoms with Crippen LogP contribution < -0.4 is 5.32 Å². The molecule has 0 radical (unpaired) electrons. The maximum absolute atomic E-state index is 5.15. The normalized spacial score (nSPS) is 9.53. The van der Waals surface area contributed by atoms with E-state index in [1.165, 1.54) is 0 Å². The lowest BCUT2D eigenvalue weighted by Crippen LogP contribution is -2.00. The van der Waals surface area contributed by atoms with Gasteiger partial charge in [0, 0.05) is 5.69 Å². The van der Waals surface area contributed by atoms with Crippen molar-refractivity contribution >= 4 is 5.69 Å². The van der Waals surface area contributed by atoms with Crippen LogP contribution in [0.5, 0.6) is 0 Å². The van der Waals surface area contributed by atoms with Crippen LogP contribution in [0.3, 0.4) is 0 Å². The van der Waals surface area contributed by atoms with E-state index in [2.05, 4.69) is 21.4 Å². The highest BCUT2D eigenvalue weighted by molar-refractivity contribution is 5.48. The molecule has 1 heterocycles. The maximum Gasteiger partial charge on any atom is 0.0858 e. The summed E-state index contributed by atoms with van der Waals surface area (Å²) in [4.78, 5) is 1.56. The molecular weight excluding hydrogens is 188 g/mol. The minimum atomic E-state index is 0.527. The van der Waals surface area contributed by atoms with Crippen molar-refractivity contribution in [1.82, 2.24) is 15.0 Å². The smallest absolute Gasteiger partial charge is 0.0858 e. The van der Waals surface area contributed by atoms with Crippen molar-refractivity contribution in [3.8, 4) is 18.0 Å². The molecule has 4 heteroatoms. The highest BCUT2D eigenvalue weighted by Crippen LogP contribution is 2.10. The Kier molecular flexibility index (Phi) is 2.65. The van der Waals surface area contributed by atoms with E-state index in [9.17, 15) is 0 Å². The van der Waals surface area contributed by atoms with Crippen LogP contribution in [-0.4, -0.2) is 21.5 Å². The van der Waals surface area contributed by atoms with Crippen LogP contribution in [0.25, 0.3) is 5.69 Å². The van der Waals surface area contributed by atoms with E-state index in [0.717, 1.165) is 11.4 Å². The van der Waals surface area contributed by atoms with Gasteiger partial charge in [0.1, 0.15) is 0 Å². The third kappa shape index (κ3) is 2.15. The van der Waals surface area contributed by atoms with Crippen LogP contribution in [0, 0.1) is 12.3 Å². The van der Waals surface area contributed by atoms with Crippen molar-refractivity contribution in [2.75, 3.05) is 11.9 Å². The second kappa shape index (κ2) is 4.29. The van der Waals surface area contributed by atoms with E-state index in [1.807, 2.05) is 24.3 Å². The predicted molar refractivity (Wildman–Crippen MR) is 58.7 cm³/mol. The van der Waals surface area contributed by atoms with E-state index < -0.39 is 0 Å². The fraction of sp³-hybridized carbons (Fsp3) is 0.0909. The fourth-order valence-electron chi connectivity index (χ4n) is 1.21. The van der Waals surface area contributed by atoms with E-state index >= 15 is 0 Å². The molecule has 0 aliphatic heterocycles. The summed E-state index contributed by atoms with van der Waals surface area (Å²) in [6.07, 6.45) is 8.43. The van der Waals surface area contributed by atoms with Gasteiger partial charge >= 0.3 is 0 Å². The van der Waals surface area contributed by atoms with E-state index in [0.29, 0.717) is 6.54 Å². The van der Waals surface area contributed by atoms with E-state index in [4.69, 9.17) is 6.42 Å². The Hall–Kier alpha value is -2.28. The molecule has 0 atom stereocenters. The van der Waals surface area contributed by atoms with Gasteiger partial charge < -0.3 is 5.32 Å². The quantitative estimate of drug-likeness (QED) is 0.756. The number of nitrogens with zero attached hydrogens (tertiary/aromatic N) is 3. The molecule has 0 saturated carbocycles. The van der Waals surface area contributed by atoms with Gasteiger partial charge in [0.25, 0.3) is 0 Å². The molecule has 15 heavy (non-hydrogen) atoms. The Bertz CT molecular complexity index is 450.